The van der Waals surface area contributed by atoms with Crippen LogP contribution in [0.4, 0.5) is 0 Å². The van der Waals surface area contributed by atoms with Gasteiger partial charge in [0.1, 0.15) is 12.0 Å². The summed E-state index contributed by atoms with van der Waals surface area (Å²) in [5, 5.41) is 0. The highest BCUT2D eigenvalue weighted by Crippen LogP contribution is 2.24. The zero-order valence-electron chi connectivity index (χ0n) is 8.47. The van der Waals surface area contributed by atoms with E-state index in [1.54, 1.807) is 31.2 Å². The first-order valence-electron chi connectivity index (χ1n) is 4.98. The van der Waals surface area contributed by atoms with Crippen molar-refractivity contribution in [3.63, 3.8) is 0 Å². The molecule has 15 heavy (non-hydrogen) atoms. The summed E-state index contributed by atoms with van der Waals surface area (Å²) in [6.07, 6.45) is 0.349. The Labute approximate surface area is 88.1 Å². The lowest BCUT2D eigenvalue weighted by atomic mass is 9.95. The summed E-state index contributed by atoms with van der Waals surface area (Å²) in [5.74, 6) is -1.14. The second-order valence-electron chi connectivity index (χ2n) is 3.77. The summed E-state index contributed by atoms with van der Waals surface area (Å²) >= 11 is 0. The molecule has 0 amide bonds. The second kappa shape index (κ2) is 3.85. The van der Waals surface area contributed by atoms with Crippen LogP contribution < -0.4 is 0 Å². The lowest BCUT2D eigenvalue weighted by molar-refractivity contribution is -0.142. The van der Waals surface area contributed by atoms with Crippen LogP contribution in [0.25, 0.3) is 0 Å². The van der Waals surface area contributed by atoms with E-state index in [4.69, 9.17) is 4.74 Å². The molecule has 1 heterocycles. The van der Waals surface area contributed by atoms with E-state index in [1.165, 1.54) is 0 Å². The van der Waals surface area contributed by atoms with E-state index in [1.807, 2.05) is 6.07 Å². The van der Waals surface area contributed by atoms with Crippen LogP contribution in [0.15, 0.2) is 30.3 Å². The normalized spacial score (nSPS) is 25.0. The Kier molecular flexibility index (Phi) is 2.54. The van der Waals surface area contributed by atoms with E-state index in [0.29, 0.717) is 12.0 Å². The lowest BCUT2D eigenvalue weighted by Crippen LogP contribution is -2.19. The predicted octanol–water partition coefficient (Wildman–Crippen LogP) is 1.82. The van der Waals surface area contributed by atoms with E-state index in [-0.39, 0.29) is 11.9 Å². The van der Waals surface area contributed by atoms with Crippen molar-refractivity contribution < 1.29 is 14.3 Å². The molecule has 2 rings (SSSR count). The van der Waals surface area contributed by atoms with Crippen LogP contribution in [-0.2, 0) is 9.53 Å². The Bertz CT molecular complexity index is 383. The molecular weight excluding hydrogens is 192 g/mol. The van der Waals surface area contributed by atoms with E-state index >= 15 is 0 Å². The van der Waals surface area contributed by atoms with Gasteiger partial charge >= 0.3 is 5.97 Å². The highest BCUT2D eigenvalue weighted by atomic mass is 16.5. The molecule has 1 fully saturated rings. The highest BCUT2D eigenvalue weighted by Gasteiger charge is 2.37. The van der Waals surface area contributed by atoms with Crippen LogP contribution in [0, 0.1) is 5.92 Å². The van der Waals surface area contributed by atoms with Crippen LogP contribution in [0.3, 0.4) is 0 Å². The first-order chi connectivity index (χ1) is 7.18. The van der Waals surface area contributed by atoms with Gasteiger partial charge < -0.3 is 4.74 Å². The van der Waals surface area contributed by atoms with Gasteiger partial charge in [-0.1, -0.05) is 30.3 Å². The fourth-order valence-electron chi connectivity index (χ4n) is 1.77. The SMILES string of the molecule is CC1CC(C(=O)c2ccccc2)C(=O)O1. The van der Waals surface area contributed by atoms with E-state index < -0.39 is 11.9 Å². The molecule has 0 radical (unpaired) electrons. The first-order valence-corrected chi connectivity index (χ1v) is 4.98. The lowest BCUT2D eigenvalue weighted by Gasteiger charge is -2.03. The van der Waals surface area contributed by atoms with Crippen molar-refractivity contribution in [2.24, 2.45) is 5.92 Å². The summed E-state index contributed by atoms with van der Waals surface area (Å²) < 4.78 is 4.96. The monoisotopic (exact) mass is 204 g/mol. The van der Waals surface area contributed by atoms with Gasteiger partial charge in [0.15, 0.2) is 5.78 Å². The van der Waals surface area contributed by atoms with Gasteiger partial charge in [0.25, 0.3) is 0 Å². The third kappa shape index (κ3) is 1.91. The Morgan fingerprint density at radius 3 is 2.53 bits per heavy atom. The van der Waals surface area contributed by atoms with E-state index in [2.05, 4.69) is 0 Å². The molecule has 0 N–H and O–H groups in total. The highest BCUT2D eigenvalue weighted by molar-refractivity contribution is 6.09. The zero-order chi connectivity index (χ0) is 10.8. The van der Waals surface area contributed by atoms with Crippen molar-refractivity contribution in [1.29, 1.82) is 0 Å². The molecule has 3 nitrogen and oxygen atoms in total. The predicted molar refractivity (Wildman–Crippen MR) is 54.4 cm³/mol. The van der Waals surface area contributed by atoms with Gasteiger partial charge in [0.2, 0.25) is 0 Å². The number of rotatable bonds is 2. The first kappa shape index (κ1) is 9.90. The van der Waals surface area contributed by atoms with Crippen LogP contribution in [0.2, 0.25) is 0 Å². The topological polar surface area (TPSA) is 43.4 Å². The average molecular weight is 204 g/mol. The Morgan fingerprint density at radius 1 is 1.33 bits per heavy atom. The standard InChI is InChI=1S/C12H12O3/c1-8-7-10(12(14)15-8)11(13)9-5-3-2-4-6-9/h2-6,8,10H,7H2,1H3. The minimum Gasteiger partial charge on any atom is -0.462 e. The second-order valence-corrected chi connectivity index (χ2v) is 3.77. The Morgan fingerprint density at radius 2 is 2.00 bits per heavy atom. The van der Waals surface area contributed by atoms with E-state index in [9.17, 15) is 9.59 Å². The molecule has 2 atom stereocenters. The van der Waals surface area contributed by atoms with E-state index in [0.717, 1.165) is 0 Å². The summed E-state index contributed by atoms with van der Waals surface area (Å²) in [6.45, 7) is 1.80. The zero-order valence-corrected chi connectivity index (χ0v) is 8.47. The minimum absolute atomic E-state index is 0.134. The van der Waals surface area contributed by atoms with Crippen molar-refractivity contribution in [1.82, 2.24) is 0 Å². The quantitative estimate of drug-likeness (QED) is 0.419. The number of ketones is 1. The Balaban J connectivity index is 2.19. The number of carbonyl (C=O) groups excluding carboxylic acids is 2. The van der Waals surface area contributed by atoms with Gasteiger partial charge in [0.05, 0.1) is 0 Å². The smallest absolute Gasteiger partial charge is 0.317 e. The molecule has 2 unspecified atom stereocenters. The third-order valence-corrected chi connectivity index (χ3v) is 2.54. The number of cyclic esters (lactones) is 1. The maximum absolute atomic E-state index is 11.9. The van der Waals surface area contributed by atoms with Gasteiger partial charge in [-0.3, -0.25) is 9.59 Å². The third-order valence-electron chi connectivity index (χ3n) is 2.54. The van der Waals surface area contributed by atoms with Crippen molar-refractivity contribution in [3.8, 4) is 0 Å². The molecule has 3 heteroatoms. The Hall–Kier alpha value is -1.64. The summed E-state index contributed by atoms with van der Waals surface area (Å²) in [6, 6.07) is 8.86. The minimum atomic E-state index is -0.609. The average Bonchev–Trinajstić information content (AvgIpc) is 2.58. The number of ether oxygens (including phenoxy) is 1. The maximum Gasteiger partial charge on any atom is 0.317 e. The largest absolute Gasteiger partial charge is 0.462 e. The van der Waals surface area contributed by atoms with Gasteiger partial charge in [-0.2, -0.15) is 0 Å². The molecule has 78 valence electrons. The number of esters is 1. The molecule has 0 aliphatic carbocycles. The number of hydrogen-bond donors (Lipinski definition) is 0. The molecule has 1 aromatic rings. The van der Waals surface area contributed by atoms with Gasteiger partial charge in [-0.05, 0) is 6.92 Å². The summed E-state index contributed by atoms with van der Waals surface area (Å²) in [5.41, 5.74) is 0.577. The van der Waals surface area contributed by atoms with Crippen LogP contribution in [-0.4, -0.2) is 17.9 Å². The molecule has 1 aromatic carbocycles. The fourth-order valence-corrected chi connectivity index (χ4v) is 1.77. The fraction of sp³-hybridized carbons (Fsp3) is 0.333. The van der Waals surface area contributed by atoms with Crippen molar-refractivity contribution in [2.45, 2.75) is 19.4 Å². The van der Waals surface area contributed by atoms with Crippen molar-refractivity contribution in [3.05, 3.63) is 35.9 Å². The number of Topliss-reactive ketones (excluding diaryl/α,β-unsaturated/α-hetero) is 1. The van der Waals surface area contributed by atoms with Gasteiger partial charge in [-0.15, -0.1) is 0 Å². The van der Waals surface area contributed by atoms with Crippen LogP contribution in [0.5, 0.6) is 0 Å². The molecule has 1 aliphatic rings. The summed E-state index contributed by atoms with van der Waals surface area (Å²) in [7, 11) is 0. The molecular formula is C12H12O3. The van der Waals surface area contributed by atoms with Crippen LogP contribution in [0.1, 0.15) is 23.7 Å². The number of benzene rings is 1. The van der Waals surface area contributed by atoms with Gasteiger partial charge in [-0.25, -0.2) is 0 Å². The molecule has 0 bridgehead atoms. The summed E-state index contributed by atoms with van der Waals surface area (Å²) in [4.78, 5) is 23.3. The molecule has 0 spiro atoms. The van der Waals surface area contributed by atoms with Crippen molar-refractivity contribution in [2.75, 3.05) is 0 Å². The maximum atomic E-state index is 11.9. The molecule has 0 aromatic heterocycles. The molecule has 1 saturated heterocycles. The van der Waals surface area contributed by atoms with Gasteiger partial charge in [0, 0.05) is 12.0 Å². The van der Waals surface area contributed by atoms with Crippen LogP contribution >= 0.6 is 0 Å². The molecule has 0 saturated carbocycles. The number of carbonyl (C=O) groups is 2. The molecule has 1 aliphatic heterocycles. The number of hydrogen-bond acceptors (Lipinski definition) is 3. The van der Waals surface area contributed by atoms with Crippen molar-refractivity contribution >= 4 is 11.8 Å².